The van der Waals surface area contributed by atoms with E-state index in [9.17, 15) is 4.79 Å². The van der Waals surface area contributed by atoms with Crippen LogP contribution < -0.4 is 14.4 Å². The normalized spacial score (nSPS) is 14.2. The molecular weight excluding hydrogens is 484 g/mol. The molecule has 1 fully saturated rings. The number of carbonyl (C=O) groups excluding carboxylic acids is 1. The first kappa shape index (κ1) is 25.2. The van der Waals surface area contributed by atoms with Gasteiger partial charge in [0, 0.05) is 49.2 Å². The lowest BCUT2D eigenvalue weighted by molar-refractivity contribution is -0.119. The number of hydrogen-bond acceptors (Lipinski definition) is 7. The lowest BCUT2D eigenvalue weighted by Crippen LogP contribution is -2.48. The number of para-hydroxylation sites is 1. The standard InChI is InChI=1S/C30H32N2O4S/c1-34-27-12-10-22(19-28(27)35-2)29-30(37-3)25-18-21(9-11-26(25)36-29)17-24(33)20-31-13-15-32(16-14-31)23-7-5-4-6-8-23/h4-12,18-19H,13-17,20H2,1-3H3. The highest BCUT2D eigenvalue weighted by molar-refractivity contribution is 7.99. The van der Waals surface area contributed by atoms with E-state index in [0.29, 0.717) is 24.5 Å². The fourth-order valence-electron chi connectivity index (χ4n) is 4.94. The van der Waals surface area contributed by atoms with E-state index in [0.717, 1.165) is 58.9 Å². The number of hydrogen-bond donors (Lipinski definition) is 0. The smallest absolute Gasteiger partial charge is 0.161 e. The zero-order valence-corrected chi connectivity index (χ0v) is 22.3. The molecule has 0 radical (unpaired) electrons. The first-order chi connectivity index (χ1) is 18.1. The number of nitrogens with zero attached hydrogens (tertiary/aromatic N) is 2. The van der Waals surface area contributed by atoms with E-state index in [2.05, 4.69) is 40.1 Å². The van der Waals surface area contributed by atoms with Crippen LogP contribution in [0, 0.1) is 0 Å². The number of methoxy groups -OCH3 is 2. The van der Waals surface area contributed by atoms with E-state index in [-0.39, 0.29) is 5.78 Å². The molecule has 0 aliphatic carbocycles. The van der Waals surface area contributed by atoms with Gasteiger partial charge in [0.1, 0.15) is 11.3 Å². The Morgan fingerprint density at radius 1 is 0.919 bits per heavy atom. The van der Waals surface area contributed by atoms with Crippen molar-refractivity contribution in [1.29, 1.82) is 0 Å². The maximum atomic E-state index is 13.0. The van der Waals surface area contributed by atoms with Crippen LogP contribution in [0.1, 0.15) is 5.56 Å². The molecule has 2 heterocycles. The second-order valence-electron chi connectivity index (χ2n) is 9.18. The second-order valence-corrected chi connectivity index (χ2v) is 10.00. The van der Waals surface area contributed by atoms with Crippen LogP contribution >= 0.6 is 11.8 Å². The van der Waals surface area contributed by atoms with Gasteiger partial charge >= 0.3 is 0 Å². The van der Waals surface area contributed by atoms with Gasteiger partial charge < -0.3 is 18.8 Å². The molecule has 0 bridgehead atoms. The Bertz CT molecular complexity index is 1380. The van der Waals surface area contributed by atoms with Crippen LogP contribution in [0.3, 0.4) is 0 Å². The third-order valence-electron chi connectivity index (χ3n) is 6.85. The predicted octanol–water partition coefficient (Wildman–Crippen LogP) is 5.77. The van der Waals surface area contributed by atoms with Crippen molar-refractivity contribution in [3.8, 4) is 22.8 Å². The molecule has 4 aromatic rings. The van der Waals surface area contributed by atoms with E-state index < -0.39 is 0 Å². The molecule has 0 atom stereocenters. The van der Waals surface area contributed by atoms with Crippen LogP contribution in [-0.4, -0.2) is 63.9 Å². The molecule has 1 saturated heterocycles. The van der Waals surface area contributed by atoms with Gasteiger partial charge in [-0.15, -0.1) is 11.8 Å². The first-order valence-electron chi connectivity index (χ1n) is 12.5. The summed E-state index contributed by atoms with van der Waals surface area (Å²) in [5.74, 6) is 2.36. The van der Waals surface area contributed by atoms with E-state index in [4.69, 9.17) is 13.9 Å². The van der Waals surface area contributed by atoms with Crippen LogP contribution in [0.4, 0.5) is 5.69 Å². The molecule has 192 valence electrons. The summed E-state index contributed by atoms with van der Waals surface area (Å²) in [6, 6.07) is 22.3. The van der Waals surface area contributed by atoms with Gasteiger partial charge in [-0.05, 0) is 54.3 Å². The number of Topliss-reactive ketones (excluding diaryl/α,β-unsaturated/α-hetero) is 1. The molecule has 1 aliphatic heterocycles. The minimum absolute atomic E-state index is 0.238. The Kier molecular flexibility index (Phi) is 7.72. The van der Waals surface area contributed by atoms with E-state index in [1.54, 1.807) is 26.0 Å². The van der Waals surface area contributed by atoms with Crippen LogP contribution in [0.2, 0.25) is 0 Å². The average molecular weight is 517 g/mol. The maximum absolute atomic E-state index is 13.0. The second kappa shape index (κ2) is 11.3. The highest BCUT2D eigenvalue weighted by Crippen LogP contribution is 2.42. The molecule has 5 rings (SSSR count). The van der Waals surface area contributed by atoms with Crippen molar-refractivity contribution in [3.63, 3.8) is 0 Å². The quantitative estimate of drug-likeness (QED) is 0.262. The molecule has 0 amide bonds. The van der Waals surface area contributed by atoms with E-state index in [1.165, 1.54) is 5.69 Å². The summed E-state index contributed by atoms with van der Waals surface area (Å²) in [5.41, 5.74) is 3.99. The molecule has 7 heteroatoms. The average Bonchev–Trinajstić information content (AvgIpc) is 3.31. The van der Waals surface area contributed by atoms with Gasteiger partial charge in [0.05, 0.1) is 25.7 Å². The van der Waals surface area contributed by atoms with Crippen molar-refractivity contribution in [2.24, 2.45) is 0 Å². The summed E-state index contributed by atoms with van der Waals surface area (Å²) >= 11 is 1.64. The van der Waals surface area contributed by atoms with Gasteiger partial charge in [0.2, 0.25) is 0 Å². The van der Waals surface area contributed by atoms with Gasteiger partial charge in [-0.25, -0.2) is 0 Å². The summed E-state index contributed by atoms with van der Waals surface area (Å²) in [6.45, 7) is 4.15. The highest BCUT2D eigenvalue weighted by atomic mass is 32.2. The number of ether oxygens (including phenoxy) is 2. The molecule has 1 aliphatic rings. The number of furan rings is 1. The van der Waals surface area contributed by atoms with Crippen LogP contribution in [0.5, 0.6) is 11.5 Å². The topological polar surface area (TPSA) is 55.2 Å². The predicted molar refractivity (Wildman–Crippen MR) is 150 cm³/mol. The maximum Gasteiger partial charge on any atom is 0.161 e. The lowest BCUT2D eigenvalue weighted by atomic mass is 10.1. The van der Waals surface area contributed by atoms with Crippen molar-refractivity contribution < 1.29 is 18.7 Å². The van der Waals surface area contributed by atoms with Crippen molar-refractivity contribution in [3.05, 3.63) is 72.3 Å². The summed E-state index contributed by atoms with van der Waals surface area (Å²) in [7, 11) is 3.25. The zero-order valence-electron chi connectivity index (χ0n) is 21.5. The largest absolute Gasteiger partial charge is 0.493 e. The number of ketones is 1. The van der Waals surface area contributed by atoms with E-state index >= 15 is 0 Å². The number of thioether (sulfide) groups is 1. The number of carbonyl (C=O) groups is 1. The minimum Gasteiger partial charge on any atom is -0.493 e. The van der Waals surface area contributed by atoms with Crippen molar-refractivity contribution in [2.45, 2.75) is 11.3 Å². The molecular formula is C30H32N2O4S. The molecule has 0 spiro atoms. The summed E-state index contributed by atoms with van der Waals surface area (Å²) in [4.78, 5) is 18.7. The highest BCUT2D eigenvalue weighted by Gasteiger charge is 2.21. The van der Waals surface area contributed by atoms with Crippen LogP contribution in [0.25, 0.3) is 22.3 Å². The lowest BCUT2D eigenvalue weighted by Gasteiger charge is -2.35. The molecule has 3 aromatic carbocycles. The zero-order chi connectivity index (χ0) is 25.8. The fourth-order valence-corrected chi connectivity index (χ4v) is 5.66. The third-order valence-corrected chi connectivity index (χ3v) is 7.67. The number of anilines is 1. The van der Waals surface area contributed by atoms with Gasteiger partial charge in [-0.1, -0.05) is 24.3 Å². The Hall–Kier alpha value is -3.42. The molecule has 37 heavy (non-hydrogen) atoms. The molecule has 0 unspecified atom stereocenters. The Morgan fingerprint density at radius 3 is 2.38 bits per heavy atom. The first-order valence-corrected chi connectivity index (χ1v) is 13.7. The Balaban J connectivity index is 1.27. The number of benzene rings is 3. The summed E-state index contributed by atoms with van der Waals surface area (Å²) in [5, 5.41) is 1.03. The molecule has 1 aromatic heterocycles. The summed E-state index contributed by atoms with van der Waals surface area (Å²) in [6.07, 6.45) is 2.46. The van der Waals surface area contributed by atoms with Gasteiger partial charge in [-0.2, -0.15) is 0 Å². The summed E-state index contributed by atoms with van der Waals surface area (Å²) < 4.78 is 17.1. The Labute approximate surface area is 222 Å². The monoisotopic (exact) mass is 516 g/mol. The van der Waals surface area contributed by atoms with Gasteiger partial charge in [0.25, 0.3) is 0 Å². The van der Waals surface area contributed by atoms with Crippen molar-refractivity contribution >= 4 is 34.2 Å². The van der Waals surface area contributed by atoms with Gasteiger partial charge in [-0.3, -0.25) is 9.69 Å². The van der Waals surface area contributed by atoms with Crippen LogP contribution in [0.15, 0.2) is 76.0 Å². The van der Waals surface area contributed by atoms with Crippen LogP contribution in [-0.2, 0) is 11.2 Å². The number of piperazine rings is 1. The Morgan fingerprint density at radius 2 is 1.68 bits per heavy atom. The van der Waals surface area contributed by atoms with Gasteiger partial charge in [0.15, 0.2) is 17.3 Å². The van der Waals surface area contributed by atoms with E-state index in [1.807, 2.05) is 42.7 Å². The SMILES string of the molecule is COc1ccc(-c2oc3ccc(CC(=O)CN4CCN(c5ccccc5)CC4)cc3c2SC)cc1OC. The number of rotatable bonds is 9. The molecule has 6 nitrogen and oxygen atoms in total. The third kappa shape index (κ3) is 5.48. The fraction of sp³-hybridized carbons (Fsp3) is 0.300. The minimum atomic E-state index is 0.238. The molecule has 0 saturated carbocycles. The van der Waals surface area contributed by atoms with Crippen molar-refractivity contribution in [2.75, 3.05) is 58.1 Å². The molecule has 0 N–H and O–H groups in total. The van der Waals surface area contributed by atoms with Crippen molar-refractivity contribution in [1.82, 2.24) is 4.90 Å². The number of fused-ring (bicyclic) bond motifs is 1.